The van der Waals surface area contributed by atoms with Crippen LogP contribution in [0.2, 0.25) is 0 Å². The molecule has 2 nitrogen and oxygen atoms in total. The first-order chi connectivity index (χ1) is 7.88. The third-order valence-electron chi connectivity index (χ3n) is 2.56. The number of hydrogen-bond donors (Lipinski definition) is 1. The highest BCUT2D eigenvalue weighted by molar-refractivity contribution is 5.27. The molecule has 2 rings (SSSR count). The summed E-state index contributed by atoms with van der Waals surface area (Å²) in [7, 11) is 1.96. The molecule has 0 spiro atoms. The van der Waals surface area contributed by atoms with Crippen molar-refractivity contribution in [2.75, 3.05) is 7.05 Å². The molecule has 1 aromatic heterocycles. The molecule has 82 valence electrons. The predicted octanol–water partition coefficient (Wildman–Crippen LogP) is 2.39. The number of aromatic nitrogens is 1. The molecular formula is C14H16N2. The number of rotatable bonds is 4. The lowest BCUT2D eigenvalue weighted by molar-refractivity contribution is 0.817. The summed E-state index contributed by atoms with van der Waals surface area (Å²) in [4.78, 5) is 4.02. The zero-order chi connectivity index (χ0) is 11.2. The quantitative estimate of drug-likeness (QED) is 0.841. The van der Waals surface area contributed by atoms with Crippen LogP contribution in [0.4, 0.5) is 0 Å². The van der Waals surface area contributed by atoms with E-state index in [4.69, 9.17) is 0 Å². The Balaban J connectivity index is 2.05. The van der Waals surface area contributed by atoms with Crippen molar-refractivity contribution in [1.29, 1.82) is 0 Å². The zero-order valence-electron chi connectivity index (χ0n) is 9.48. The van der Waals surface area contributed by atoms with Gasteiger partial charge in [-0.15, -0.1) is 0 Å². The van der Waals surface area contributed by atoms with Gasteiger partial charge in [-0.25, -0.2) is 0 Å². The summed E-state index contributed by atoms with van der Waals surface area (Å²) in [5.74, 6) is 0. The van der Waals surface area contributed by atoms with E-state index < -0.39 is 0 Å². The summed E-state index contributed by atoms with van der Waals surface area (Å²) in [6.45, 7) is 0.926. The molecule has 0 fully saturated rings. The van der Waals surface area contributed by atoms with Gasteiger partial charge in [0.05, 0.1) is 0 Å². The van der Waals surface area contributed by atoms with Crippen molar-refractivity contribution in [3.63, 3.8) is 0 Å². The van der Waals surface area contributed by atoms with Crippen LogP contribution in [-0.4, -0.2) is 12.0 Å². The maximum Gasteiger partial charge on any atom is 0.0270 e. The SMILES string of the molecule is CNCc1ccc(Cc2ccncc2)cc1. The Morgan fingerprint density at radius 3 is 2.06 bits per heavy atom. The first kappa shape index (κ1) is 10.8. The van der Waals surface area contributed by atoms with Gasteiger partial charge in [-0.2, -0.15) is 0 Å². The van der Waals surface area contributed by atoms with Gasteiger partial charge in [0.15, 0.2) is 0 Å². The van der Waals surface area contributed by atoms with E-state index in [2.05, 4.69) is 46.7 Å². The third-order valence-corrected chi connectivity index (χ3v) is 2.56. The molecule has 0 amide bonds. The van der Waals surface area contributed by atoms with Gasteiger partial charge in [-0.1, -0.05) is 24.3 Å². The van der Waals surface area contributed by atoms with Gasteiger partial charge in [-0.05, 0) is 42.3 Å². The Hall–Kier alpha value is -1.67. The Kier molecular flexibility index (Phi) is 3.67. The Morgan fingerprint density at radius 2 is 1.44 bits per heavy atom. The maximum atomic E-state index is 4.02. The fraction of sp³-hybridized carbons (Fsp3) is 0.214. The number of hydrogen-bond acceptors (Lipinski definition) is 2. The molecule has 16 heavy (non-hydrogen) atoms. The van der Waals surface area contributed by atoms with Gasteiger partial charge < -0.3 is 5.32 Å². The van der Waals surface area contributed by atoms with Crippen molar-refractivity contribution in [2.45, 2.75) is 13.0 Å². The van der Waals surface area contributed by atoms with Crippen molar-refractivity contribution in [1.82, 2.24) is 10.3 Å². The molecule has 1 aromatic carbocycles. The van der Waals surface area contributed by atoms with Gasteiger partial charge in [0.25, 0.3) is 0 Å². The number of pyridine rings is 1. The summed E-state index contributed by atoms with van der Waals surface area (Å²) in [6, 6.07) is 12.8. The Morgan fingerprint density at radius 1 is 0.875 bits per heavy atom. The lowest BCUT2D eigenvalue weighted by atomic mass is 10.0. The van der Waals surface area contributed by atoms with Crippen molar-refractivity contribution in [3.8, 4) is 0 Å². The molecular weight excluding hydrogens is 196 g/mol. The standard InChI is InChI=1S/C14H16N2/c1-15-11-14-4-2-12(3-5-14)10-13-6-8-16-9-7-13/h2-9,15H,10-11H2,1H3. The molecule has 0 aliphatic heterocycles. The Bertz CT molecular complexity index is 420. The highest BCUT2D eigenvalue weighted by Gasteiger charge is 1.96. The average molecular weight is 212 g/mol. The lowest BCUT2D eigenvalue weighted by Crippen LogP contribution is -2.04. The van der Waals surface area contributed by atoms with Gasteiger partial charge in [0, 0.05) is 18.9 Å². The zero-order valence-corrected chi connectivity index (χ0v) is 9.48. The fourth-order valence-corrected chi connectivity index (χ4v) is 1.72. The van der Waals surface area contributed by atoms with Crippen LogP contribution >= 0.6 is 0 Å². The molecule has 0 unspecified atom stereocenters. The minimum Gasteiger partial charge on any atom is -0.316 e. The molecule has 2 aromatic rings. The molecule has 0 saturated carbocycles. The van der Waals surface area contributed by atoms with Crippen LogP contribution in [0.25, 0.3) is 0 Å². The largest absolute Gasteiger partial charge is 0.316 e. The van der Waals surface area contributed by atoms with Crippen LogP contribution < -0.4 is 5.32 Å². The maximum absolute atomic E-state index is 4.02. The van der Waals surface area contributed by atoms with Crippen LogP contribution in [-0.2, 0) is 13.0 Å². The van der Waals surface area contributed by atoms with E-state index in [1.807, 2.05) is 19.4 Å². The number of nitrogens with zero attached hydrogens (tertiary/aromatic N) is 1. The third kappa shape index (κ3) is 2.91. The van der Waals surface area contributed by atoms with Gasteiger partial charge in [0.2, 0.25) is 0 Å². The average Bonchev–Trinajstić information content (AvgIpc) is 2.33. The van der Waals surface area contributed by atoms with Crippen molar-refractivity contribution < 1.29 is 0 Å². The number of nitrogens with one attached hydrogen (secondary N) is 1. The van der Waals surface area contributed by atoms with E-state index in [0.29, 0.717) is 0 Å². The minimum atomic E-state index is 0.926. The molecule has 0 radical (unpaired) electrons. The molecule has 0 bridgehead atoms. The van der Waals surface area contributed by atoms with Crippen molar-refractivity contribution >= 4 is 0 Å². The van der Waals surface area contributed by atoms with Crippen LogP contribution in [0.15, 0.2) is 48.8 Å². The van der Waals surface area contributed by atoms with Crippen molar-refractivity contribution in [2.24, 2.45) is 0 Å². The first-order valence-electron chi connectivity index (χ1n) is 5.50. The minimum absolute atomic E-state index is 0.926. The molecule has 0 atom stereocenters. The summed E-state index contributed by atoms with van der Waals surface area (Å²) in [5, 5.41) is 3.14. The summed E-state index contributed by atoms with van der Waals surface area (Å²) >= 11 is 0. The molecule has 1 N–H and O–H groups in total. The highest BCUT2D eigenvalue weighted by Crippen LogP contribution is 2.09. The molecule has 0 aliphatic rings. The second-order valence-electron chi connectivity index (χ2n) is 3.88. The lowest BCUT2D eigenvalue weighted by Gasteiger charge is -2.04. The molecule has 1 heterocycles. The summed E-state index contributed by atoms with van der Waals surface area (Å²) < 4.78 is 0. The first-order valence-corrected chi connectivity index (χ1v) is 5.50. The van der Waals surface area contributed by atoms with Gasteiger partial charge in [0.1, 0.15) is 0 Å². The highest BCUT2D eigenvalue weighted by atomic mass is 14.8. The molecule has 0 aliphatic carbocycles. The smallest absolute Gasteiger partial charge is 0.0270 e. The molecule has 0 saturated heterocycles. The van der Waals surface area contributed by atoms with Crippen LogP contribution in [0.5, 0.6) is 0 Å². The van der Waals surface area contributed by atoms with Gasteiger partial charge in [-0.3, -0.25) is 4.98 Å². The van der Waals surface area contributed by atoms with Gasteiger partial charge >= 0.3 is 0 Å². The van der Waals surface area contributed by atoms with Crippen LogP contribution in [0.3, 0.4) is 0 Å². The monoisotopic (exact) mass is 212 g/mol. The summed E-state index contributed by atoms with van der Waals surface area (Å²) in [5.41, 5.74) is 3.96. The van der Waals surface area contributed by atoms with E-state index in [-0.39, 0.29) is 0 Å². The van der Waals surface area contributed by atoms with E-state index in [1.54, 1.807) is 0 Å². The molecule has 2 heteroatoms. The topological polar surface area (TPSA) is 24.9 Å². The van der Waals surface area contributed by atoms with E-state index in [9.17, 15) is 0 Å². The fourth-order valence-electron chi connectivity index (χ4n) is 1.72. The second-order valence-corrected chi connectivity index (χ2v) is 3.88. The van der Waals surface area contributed by atoms with E-state index >= 15 is 0 Å². The van der Waals surface area contributed by atoms with E-state index in [0.717, 1.165) is 13.0 Å². The predicted molar refractivity (Wildman–Crippen MR) is 66.2 cm³/mol. The van der Waals surface area contributed by atoms with Crippen LogP contribution in [0, 0.1) is 0 Å². The normalized spacial score (nSPS) is 10.3. The van der Waals surface area contributed by atoms with Crippen molar-refractivity contribution in [3.05, 3.63) is 65.5 Å². The van der Waals surface area contributed by atoms with E-state index in [1.165, 1.54) is 16.7 Å². The number of benzene rings is 1. The summed E-state index contributed by atoms with van der Waals surface area (Å²) in [6.07, 6.45) is 4.65. The Labute approximate surface area is 96.4 Å². The second kappa shape index (κ2) is 5.42. The van der Waals surface area contributed by atoms with Crippen LogP contribution in [0.1, 0.15) is 16.7 Å².